The number of anilines is 3. The maximum absolute atomic E-state index is 13.4. The van der Waals surface area contributed by atoms with Crippen molar-refractivity contribution in [3.8, 4) is 0 Å². The third kappa shape index (κ3) is 3.82. The van der Waals surface area contributed by atoms with Crippen LogP contribution >= 0.6 is 0 Å². The van der Waals surface area contributed by atoms with Gasteiger partial charge in [-0.15, -0.1) is 0 Å². The maximum Gasteiger partial charge on any atom is 0.245 e. The molecule has 0 atom stereocenters. The molecule has 3 N–H and O–H groups in total. The molecule has 10 nitrogen and oxygen atoms in total. The lowest BCUT2D eigenvalue weighted by atomic mass is 9.71. The van der Waals surface area contributed by atoms with Crippen LogP contribution in [-0.4, -0.2) is 45.0 Å². The number of nitrogens with zero attached hydrogens (tertiary/aromatic N) is 2. The van der Waals surface area contributed by atoms with Crippen molar-refractivity contribution >= 4 is 43.1 Å². The number of rotatable bonds is 6. The predicted molar refractivity (Wildman–Crippen MR) is 122 cm³/mol. The molecule has 4 rings (SSSR count). The van der Waals surface area contributed by atoms with Crippen LogP contribution in [0.25, 0.3) is 0 Å². The lowest BCUT2D eigenvalue weighted by Crippen LogP contribution is -2.37. The van der Waals surface area contributed by atoms with Gasteiger partial charge in [-0.25, -0.2) is 16.8 Å². The fourth-order valence-electron chi connectivity index (χ4n) is 3.93. The monoisotopic (exact) mass is 475 g/mol. The Morgan fingerprint density at radius 2 is 1.28 bits per heavy atom. The number of nitrogens with one attached hydrogen (secondary N) is 3. The number of aryl methyl sites for hydroxylation is 1. The number of aromatic nitrogens is 2. The summed E-state index contributed by atoms with van der Waals surface area (Å²) in [5.74, 6) is 0.250. The van der Waals surface area contributed by atoms with Crippen molar-refractivity contribution in [2.24, 2.45) is 7.05 Å². The van der Waals surface area contributed by atoms with E-state index in [0.717, 1.165) is 12.5 Å². The zero-order chi connectivity index (χ0) is 23.3. The lowest BCUT2D eigenvalue weighted by Gasteiger charge is -2.28. The molecule has 1 aromatic heterocycles. The minimum absolute atomic E-state index is 0.298. The minimum atomic E-state index is -3.45. The molecule has 32 heavy (non-hydrogen) atoms. The van der Waals surface area contributed by atoms with E-state index in [0.29, 0.717) is 33.9 Å². The molecule has 2 aromatic carbocycles. The molecule has 0 spiro atoms. The number of carbonyl (C=O) groups excluding carboxylic acids is 1. The predicted octanol–water partition coefficient (Wildman–Crippen LogP) is 1.45. The Balaban J connectivity index is 1.87. The van der Waals surface area contributed by atoms with E-state index < -0.39 is 25.5 Å². The Kier molecular flexibility index (Phi) is 5.01. The maximum atomic E-state index is 13.4. The second kappa shape index (κ2) is 7.35. The minimum Gasteiger partial charge on any atom is -0.309 e. The highest BCUT2D eigenvalue weighted by molar-refractivity contribution is 7.92. The molecule has 1 amide bonds. The molecule has 0 fully saturated rings. The summed E-state index contributed by atoms with van der Waals surface area (Å²) in [5.41, 5.74) is 1.32. The quantitative estimate of drug-likeness (QED) is 0.493. The zero-order valence-electron chi connectivity index (χ0n) is 17.4. The zero-order valence-corrected chi connectivity index (χ0v) is 19.1. The van der Waals surface area contributed by atoms with Gasteiger partial charge in [0, 0.05) is 24.0 Å². The summed E-state index contributed by atoms with van der Waals surface area (Å²) >= 11 is 0. The highest BCUT2D eigenvalue weighted by atomic mass is 32.2. The molecule has 1 aliphatic rings. The number of fused-ring (bicyclic) bond motifs is 1. The summed E-state index contributed by atoms with van der Waals surface area (Å²) in [6.07, 6.45) is 3.72. The Hall–Kier alpha value is -3.38. The summed E-state index contributed by atoms with van der Waals surface area (Å²) in [5, 5.41) is 7.15. The van der Waals surface area contributed by atoms with Crippen LogP contribution < -0.4 is 14.8 Å². The molecule has 0 saturated heterocycles. The van der Waals surface area contributed by atoms with Gasteiger partial charge in [0.15, 0.2) is 0 Å². The number of benzene rings is 2. The van der Waals surface area contributed by atoms with Gasteiger partial charge >= 0.3 is 0 Å². The normalized spacial score (nSPS) is 15.2. The first-order valence-corrected chi connectivity index (χ1v) is 13.2. The highest BCUT2D eigenvalue weighted by Gasteiger charge is 2.51. The Morgan fingerprint density at radius 3 is 1.69 bits per heavy atom. The topological polar surface area (TPSA) is 139 Å². The fraction of sp³-hybridized carbons (Fsp3) is 0.200. The van der Waals surface area contributed by atoms with Gasteiger partial charge in [0.1, 0.15) is 11.2 Å². The van der Waals surface area contributed by atoms with Crippen molar-refractivity contribution < 1.29 is 21.6 Å². The molecule has 1 aliphatic heterocycles. The summed E-state index contributed by atoms with van der Waals surface area (Å²) in [6, 6.07) is 13.0. The molecule has 3 aromatic rings. The van der Waals surface area contributed by atoms with Crippen molar-refractivity contribution in [2.45, 2.75) is 5.41 Å². The number of carbonyl (C=O) groups is 1. The molecule has 2 heterocycles. The Morgan fingerprint density at radius 1 is 0.844 bits per heavy atom. The van der Waals surface area contributed by atoms with E-state index in [1.165, 1.54) is 0 Å². The average molecular weight is 476 g/mol. The summed E-state index contributed by atoms with van der Waals surface area (Å²) in [7, 11) is -5.19. The van der Waals surface area contributed by atoms with Gasteiger partial charge in [0.05, 0.1) is 18.7 Å². The molecule has 12 heteroatoms. The van der Waals surface area contributed by atoms with Gasteiger partial charge < -0.3 is 5.32 Å². The standard InChI is InChI=1S/C20H21N5O5S2/c1-25-18-17(12-21-25)20(19(26)22-18,13-4-8-15(9-5-13)23-31(2,27)28)14-6-10-16(11-7-14)24-32(3,29)30/h4-12,23-24H,1-3H3,(H,22,26). The van der Waals surface area contributed by atoms with E-state index in [9.17, 15) is 21.6 Å². The highest BCUT2D eigenvalue weighted by Crippen LogP contribution is 2.47. The van der Waals surface area contributed by atoms with Gasteiger partial charge in [-0.05, 0) is 35.4 Å². The first kappa shape index (κ1) is 21.8. The molecule has 0 saturated carbocycles. The van der Waals surface area contributed by atoms with Crippen LogP contribution in [0.15, 0.2) is 54.7 Å². The Bertz CT molecular complexity index is 1330. The molecule has 0 unspecified atom stereocenters. The van der Waals surface area contributed by atoms with E-state index in [1.807, 2.05) is 0 Å². The second-order valence-corrected chi connectivity index (χ2v) is 11.1. The smallest absolute Gasteiger partial charge is 0.245 e. The number of hydrogen-bond acceptors (Lipinski definition) is 6. The van der Waals surface area contributed by atoms with Crippen LogP contribution in [0.2, 0.25) is 0 Å². The van der Waals surface area contributed by atoms with Crippen LogP contribution in [0.4, 0.5) is 17.2 Å². The van der Waals surface area contributed by atoms with Crippen LogP contribution in [-0.2, 0) is 37.3 Å². The average Bonchev–Trinajstić information content (AvgIpc) is 3.18. The van der Waals surface area contributed by atoms with Crippen molar-refractivity contribution in [2.75, 3.05) is 27.3 Å². The van der Waals surface area contributed by atoms with E-state index in [1.54, 1.807) is 66.5 Å². The van der Waals surface area contributed by atoms with Crippen molar-refractivity contribution in [3.05, 3.63) is 71.4 Å². The molecule has 168 valence electrons. The van der Waals surface area contributed by atoms with E-state index >= 15 is 0 Å². The van der Waals surface area contributed by atoms with Crippen molar-refractivity contribution in [3.63, 3.8) is 0 Å². The van der Waals surface area contributed by atoms with Gasteiger partial charge in [-0.1, -0.05) is 24.3 Å². The molecular formula is C20H21N5O5S2. The third-order valence-corrected chi connectivity index (χ3v) is 6.37. The van der Waals surface area contributed by atoms with Crippen LogP contribution in [0.3, 0.4) is 0 Å². The summed E-state index contributed by atoms with van der Waals surface area (Å²) in [4.78, 5) is 13.4. The molecule has 0 aliphatic carbocycles. The number of hydrogen-bond donors (Lipinski definition) is 3. The van der Waals surface area contributed by atoms with Crippen LogP contribution in [0, 0.1) is 0 Å². The van der Waals surface area contributed by atoms with E-state index in [2.05, 4.69) is 19.9 Å². The van der Waals surface area contributed by atoms with Crippen molar-refractivity contribution in [1.82, 2.24) is 9.78 Å². The van der Waals surface area contributed by atoms with Gasteiger partial charge in [-0.2, -0.15) is 5.10 Å². The summed E-state index contributed by atoms with van der Waals surface area (Å²) in [6.45, 7) is 0. The number of sulfonamides is 2. The van der Waals surface area contributed by atoms with Crippen LogP contribution in [0.5, 0.6) is 0 Å². The van der Waals surface area contributed by atoms with E-state index in [-0.39, 0.29) is 5.91 Å². The van der Waals surface area contributed by atoms with Gasteiger partial charge in [0.25, 0.3) is 0 Å². The SMILES string of the molecule is Cn1ncc2c1NC(=O)C2(c1ccc(NS(C)(=O)=O)cc1)c1ccc(NS(C)(=O)=O)cc1. The van der Waals surface area contributed by atoms with Crippen LogP contribution in [0.1, 0.15) is 16.7 Å². The van der Waals surface area contributed by atoms with E-state index in [4.69, 9.17) is 0 Å². The number of amides is 1. The molecule has 0 radical (unpaired) electrons. The summed E-state index contributed by atoms with van der Waals surface area (Å²) < 4.78 is 52.5. The second-order valence-electron chi connectivity index (χ2n) is 7.64. The molecular weight excluding hydrogens is 454 g/mol. The van der Waals surface area contributed by atoms with Gasteiger partial charge in [0.2, 0.25) is 26.0 Å². The van der Waals surface area contributed by atoms with Crippen molar-refractivity contribution in [1.29, 1.82) is 0 Å². The lowest BCUT2D eigenvalue weighted by molar-refractivity contribution is -0.118. The largest absolute Gasteiger partial charge is 0.309 e. The fourth-order valence-corrected chi connectivity index (χ4v) is 5.06. The molecule has 0 bridgehead atoms. The first-order valence-electron chi connectivity index (χ1n) is 9.41. The van der Waals surface area contributed by atoms with Gasteiger partial charge in [-0.3, -0.25) is 18.9 Å². The third-order valence-electron chi connectivity index (χ3n) is 5.16. The first-order chi connectivity index (χ1) is 14.9. The Labute approximate surface area is 185 Å².